The van der Waals surface area contributed by atoms with Crippen LogP contribution in [0.4, 0.5) is 0 Å². The fourth-order valence-electron chi connectivity index (χ4n) is 1.06. The van der Waals surface area contributed by atoms with Crippen molar-refractivity contribution in [2.45, 2.75) is 23.3 Å². The first-order valence-electron chi connectivity index (χ1n) is 3.35. The number of rotatable bonds is 2. The van der Waals surface area contributed by atoms with Gasteiger partial charge < -0.3 is 11.5 Å². The fourth-order valence-corrected chi connectivity index (χ4v) is 2.26. The van der Waals surface area contributed by atoms with Crippen molar-refractivity contribution in [3.8, 4) is 0 Å². The molecular weight excluding hydrogens is 164 g/mol. The van der Waals surface area contributed by atoms with Crippen molar-refractivity contribution >= 4 is 23.6 Å². The summed E-state index contributed by atoms with van der Waals surface area (Å²) in [6, 6.07) is 0. The second kappa shape index (κ2) is 3.13. The van der Waals surface area contributed by atoms with Crippen LogP contribution >= 0.6 is 11.8 Å². The van der Waals surface area contributed by atoms with Gasteiger partial charge in [-0.3, -0.25) is 9.59 Å². The Morgan fingerprint density at radius 2 is 1.45 bits per heavy atom. The molecule has 4 N–H and O–H groups in total. The third-order valence-corrected chi connectivity index (χ3v) is 3.25. The molecule has 1 saturated heterocycles. The molecule has 2 amide bonds. The monoisotopic (exact) mass is 174 g/mol. The SMILES string of the molecule is NC(=O)C1CCC(C(N)=O)S1. The minimum Gasteiger partial charge on any atom is -0.369 e. The molecule has 0 spiro atoms. The largest absolute Gasteiger partial charge is 0.369 e. The number of carbonyl (C=O) groups excluding carboxylic acids is 2. The maximum atomic E-state index is 10.6. The van der Waals surface area contributed by atoms with Crippen molar-refractivity contribution in [3.63, 3.8) is 0 Å². The molecule has 62 valence electrons. The predicted molar refractivity (Wildman–Crippen MR) is 42.8 cm³/mol. The molecule has 1 heterocycles. The van der Waals surface area contributed by atoms with Crippen LogP contribution in [0.25, 0.3) is 0 Å². The number of amides is 2. The highest BCUT2D eigenvalue weighted by molar-refractivity contribution is 8.02. The van der Waals surface area contributed by atoms with Gasteiger partial charge in [0, 0.05) is 0 Å². The minimum absolute atomic E-state index is 0.215. The Hall–Kier alpha value is -0.710. The van der Waals surface area contributed by atoms with Crippen LogP contribution in [0, 0.1) is 0 Å². The van der Waals surface area contributed by atoms with E-state index in [2.05, 4.69) is 0 Å². The van der Waals surface area contributed by atoms with E-state index >= 15 is 0 Å². The molecule has 1 rings (SSSR count). The maximum Gasteiger partial charge on any atom is 0.230 e. The van der Waals surface area contributed by atoms with Crippen LogP contribution in [0.15, 0.2) is 0 Å². The summed E-state index contributed by atoms with van der Waals surface area (Å²) < 4.78 is 0. The van der Waals surface area contributed by atoms with Crippen molar-refractivity contribution in [1.82, 2.24) is 0 Å². The standard InChI is InChI=1S/C6H10N2O2S/c7-5(9)3-1-2-4(11-3)6(8)10/h3-4H,1-2H2,(H2,7,9)(H2,8,10). The summed E-state index contributed by atoms with van der Waals surface area (Å²) in [7, 11) is 0. The molecule has 1 aliphatic heterocycles. The lowest BCUT2D eigenvalue weighted by molar-refractivity contribution is -0.118. The molecule has 0 aromatic heterocycles. The van der Waals surface area contributed by atoms with Gasteiger partial charge in [-0.05, 0) is 12.8 Å². The van der Waals surface area contributed by atoms with E-state index in [1.54, 1.807) is 0 Å². The molecule has 11 heavy (non-hydrogen) atoms. The summed E-state index contributed by atoms with van der Waals surface area (Å²) in [6.07, 6.45) is 1.35. The highest BCUT2D eigenvalue weighted by atomic mass is 32.2. The Balaban J connectivity index is 2.47. The average Bonchev–Trinajstić information content (AvgIpc) is 2.33. The number of hydrogen-bond acceptors (Lipinski definition) is 3. The van der Waals surface area contributed by atoms with Crippen LogP contribution in [0.2, 0.25) is 0 Å². The normalized spacial score (nSPS) is 30.2. The van der Waals surface area contributed by atoms with Gasteiger partial charge in [0.25, 0.3) is 0 Å². The zero-order valence-electron chi connectivity index (χ0n) is 5.95. The van der Waals surface area contributed by atoms with Gasteiger partial charge in [0.1, 0.15) is 0 Å². The molecule has 0 bridgehead atoms. The number of thioether (sulfide) groups is 1. The number of primary amides is 2. The summed E-state index contributed by atoms with van der Waals surface area (Å²) in [5.41, 5.74) is 10.1. The van der Waals surface area contributed by atoms with E-state index in [-0.39, 0.29) is 22.3 Å². The lowest BCUT2D eigenvalue weighted by Gasteiger charge is -2.03. The van der Waals surface area contributed by atoms with E-state index in [9.17, 15) is 9.59 Å². The molecular formula is C6H10N2O2S. The summed E-state index contributed by atoms with van der Waals surface area (Å²) in [5, 5.41) is -0.431. The molecule has 4 nitrogen and oxygen atoms in total. The predicted octanol–water partition coefficient (Wildman–Crippen LogP) is -0.779. The van der Waals surface area contributed by atoms with E-state index in [1.165, 1.54) is 11.8 Å². The molecule has 0 aromatic rings. The number of hydrogen-bond donors (Lipinski definition) is 2. The number of carbonyl (C=O) groups is 2. The summed E-state index contributed by atoms with van der Waals surface area (Å²) >= 11 is 1.28. The topological polar surface area (TPSA) is 86.2 Å². The quantitative estimate of drug-likeness (QED) is 0.576. The number of nitrogens with two attached hydrogens (primary N) is 2. The highest BCUT2D eigenvalue weighted by Gasteiger charge is 2.31. The summed E-state index contributed by atoms with van der Waals surface area (Å²) in [6.45, 7) is 0. The van der Waals surface area contributed by atoms with Gasteiger partial charge >= 0.3 is 0 Å². The van der Waals surface area contributed by atoms with Gasteiger partial charge in [-0.25, -0.2) is 0 Å². The van der Waals surface area contributed by atoms with Crippen molar-refractivity contribution < 1.29 is 9.59 Å². The Labute approximate surface area is 68.7 Å². The van der Waals surface area contributed by atoms with Gasteiger partial charge in [0.05, 0.1) is 10.5 Å². The van der Waals surface area contributed by atoms with E-state index in [1.807, 2.05) is 0 Å². The molecule has 5 heteroatoms. The molecule has 0 saturated carbocycles. The third kappa shape index (κ3) is 1.86. The first kappa shape index (κ1) is 8.39. The van der Waals surface area contributed by atoms with Crippen LogP contribution in [-0.2, 0) is 9.59 Å². The minimum atomic E-state index is -0.348. The van der Waals surface area contributed by atoms with Crippen molar-refractivity contribution in [3.05, 3.63) is 0 Å². The lowest BCUT2D eigenvalue weighted by Crippen LogP contribution is -2.26. The highest BCUT2D eigenvalue weighted by Crippen LogP contribution is 2.32. The Morgan fingerprint density at radius 1 is 1.09 bits per heavy atom. The van der Waals surface area contributed by atoms with Crippen molar-refractivity contribution in [1.29, 1.82) is 0 Å². The first-order chi connectivity index (χ1) is 5.11. The van der Waals surface area contributed by atoms with Crippen molar-refractivity contribution in [2.75, 3.05) is 0 Å². The van der Waals surface area contributed by atoms with Crippen LogP contribution in [0.3, 0.4) is 0 Å². The third-order valence-electron chi connectivity index (χ3n) is 1.65. The zero-order chi connectivity index (χ0) is 8.43. The van der Waals surface area contributed by atoms with Crippen LogP contribution in [0.5, 0.6) is 0 Å². The molecule has 0 aliphatic carbocycles. The van der Waals surface area contributed by atoms with Gasteiger partial charge in [-0.1, -0.05) is 0 Å². The van der Waals surface area contributed by atoms with E-state index in [0.717, 1.165) is 0 Å². The fraction of sp³-hybridized carbons (Fsp3) is 0.667. The van der Waals surface area contributed by atoms with Crippen LogP contribution in [-0.4, -0.2) is 22.3 Å². The van der Waals surface area contributed by atoms with Crippen LogP contribution < -0.4 is 11.5 Å². The molecule has 1 aliphatic rings. The Bertz CT molecular complexity index is 175. The summed E-state index contributed by atoms with van der Waals surface area (Å²) in [4.78, 5) is 21.2. The van der Waals surface area contributed by atoms with E-state index in [0.29, 0.717) is 12.8 Å². The van der Waals surface area contributed by atoms with Crippen molar-refractivity contribution in [2.24, 2.45) is 11.5 Å². The molecule has 2 unspecified atom stereocenters. The Kier molecular flexibility index (Phi) is 2.38. The molecule has 2 atom stereocenters. The zero-order valence-corrected chi connectivity index (χ0v) is 6.76. The summed E-state index contributed by atoms with van der Waals surface area (Å²) in [5.74, 6) is -0.697. The second-order valence-electron chi connectivity index (χ2n) is 2.50. The smallest absolute Gasteiger partial charge is 0.230 e. The molecule has 0 radical (unpaired) electrons. The average molecular weight is 174 g/mol. The van der Waals surface area contributed by atoms with Crippen LogP contribution in [0.1, 0.15) is 12.8 Å². The van der Waals surface area contributed by atoms with Gasteiger partial charge in [0.2, 0.25) is 11.8 Å². The second-order valence-corrected chi connectivity index (χ2v) is 3.91. The lowest BCUT2D eigenvalue weighted by atomic mass is 10.2. The van der Waals surface area contributed by atoms with Gasteiger partial charge in [-0.2, -0.15) is 0 Å². The van der Waals surface area contributed by atoms with Gasteiger partial charge in [0.15, 0.2) is 0 Å². The molecule has 1 fully saturated rings. The molecule has 0 aromatic carbocycles. The Morgan fingerprint density at radius 3 is 1.64 bits per heavy atom. The van der Waals surface area contributed by atoms with E-state index < -0.39 is 0 Å². The first-order valence-corrected chi connectivity index (χ1v) is 4.29. The van der Waals surface area contributed by atoms with E-state index in [4.69, 9.17) is 11.5 Å². The maximum absolute atomic E-state index is 10.6. The van der Waals surface area contributed by atoms with Gasteiger partial charge in [-0.15, -0.1) is 11.8 Å².